The van der Waals surface area contributed by atoms with Gasteiger partial charge in [0.25, 0.3) is 0 Å². The summed E-state index contributed by atoms with van der Waals surface area (Å²) in [6.07, 6.45) is 3.12. The van der Waals surface area contributed by atoms with E-state index in [1.165, 1.54) is 11.0 Å². The maximum Gasteiger partial charge on any atom is 0.417 e. The lowest BCUT2D eigenvalue weighted by atomic mass is 10.2. The lowest BCUT2D eigenvalue weighted by Gasteiger charge is -2.26. The number of hydrogen-bond donors (Lipinski definition) is 1. The topological polar surface area (TPSA) is 93.7 Å². The van der Waals surface area contributed by atoms with E-state index in [9.17, 15) is 9.59 Å². The third-order valence-electron chi connectivity index (χ3n) is 3.82. The highest BCUT2D eigenvalue weighted by Crippen LogP contribution is 2.27. The Labute approximate surface area is 182 Å². The molecule has 1 heterocycles. The third kappa shape index (κ3) is 6.95. The molecular formula is C23H28N4O4. The second kappa shape index (κ2) is 10.9. The molecule has 0 radical (unpaired) electrons. The van der Waals surface area contributed by atoms with Crippen molar-refractivity contribution >= 4 is 24.1 Å². The van der Waals surface area contributed by atoms with Crippen molar-refractivity contribution < 1.29 is 19.1 Å². The number of anilines is 2. The van der Waals surface area contributed by atoms with E-state index in [1.807, 2.05) is 30.3 Å². The molecule has 0 bridgehead atoms. The minimum Gasteiger partial charge on any atom is -0.472 e. The number of carbonyl (C=O) groups excluding carboxylic acids is 2. The van der Waals surface area contributed by atoms with Gasteiger partial charge in [-0.2, -0.15) is 9.97 Å². The molecule has 31 heavy (non-hydrogen) atoms. The lowest BCUT2D eigenvalue weighted by molar-refractivity contribution is 0.0582. The summed E-state index contributed by atoms with van der Waals surface area (Å²) in [6.45, 7) is 13.3. The van der Waals surface area contributed by atoms with E-state index in [4.69, 9.17) is 9.47 Å². The van der Waals surface area contributed by atoms with Crippen LogP contribution in [-0.4, -0.2) is 41.0 Å². The molecule has 0 unspecified atom stereocenters. The van der Waals surface area contributed by atoms with Crippen LogP contribution in [0.4, 0.5) is 16.6 Å². The van der Waals surface area contributed by atoms with Crippen LogP contribution in [0.1, 0.15) is 36.7 Å². The first-order valence-electron chi connectivity index (χ1n) is 9.79. The molecule has 8 nitrogen and oxygen atoms in total. The van der Waals surface area contributed by atoms with Gasteiger partial charge in [0.05, 0.1) is 6.54 Å². The van der Waals surface area contributed by atoms with Gasteiger partial charge in [0.1, 0.15) is 23.6 Å². The quantitative estimate of drug-likeness (QED) is 0.446. The lowest BCUT2D eigenvalue weighted by Crippen LogP contribution is -2.38. The molecule has 0 spiro atoms. The zero-order valence-electron chi connectivity index (χ0n) is 18.1. The van der Waals surface area contributed by atoms with Crippen LogP contribution < -0.4 is 15.0 Å². The normalized spacial score (nSPS) is 10.7. The van der Waals surface area contributed by atoms with Crippen molar-refractivity contribution in [2.75, 3.05) is 23.3 Å². The number of hydrogen-bond acceptors (Lipinski definition) is 7. The molecular weight excluding hydrogens is 396 g/mol. The number of aromatic nitrogens is 2. The predicted molar refractivity (Wildman–Crippen MR) is 121 cm³/mol. The summed E-state index contributed by atoms with van der Waals surface area (Å²) < 4.78 is 11.3. The Balaban J connectivity index is 2.48. The summed E-state index contributed by atoms with van der Waals surface area (Å²) in [4.78, 5) is 34.5. The van der Waals surface area contributed by atoms with Crippen molar-refractivity contribution in [3.63, 3.8) is 0 Å². The van der Waals surface area contributed by atoms with E-state index >= 15 is 0 Å². The third-order valence-corrected chi connectivity index (χ3v) is 3.82. The first-order valence-corrected chi connectivity index (χ1v) is 9.79. The zero-order chi connectivity index (χ0) is 22.9. The molecule has 2 aromatic rings. The van der Waals surface area contributed by atoms with Crippen molar-refractivity contribution in [1.82, 2.24) is 9.97 Å². The minimum atomic E-state index is -0.713. The van der Waals surface area contributed by atoms with Crippen molar-refractivity contribution in [3.05, 3.63) is 66.8 Å². The first kappa shape index (κ1) is 23.6. The van der Waals surface area contributed by atoms with Gasteiger partial charge in [0.15, 0.2) is 6.29 Å². The van der Waals surface area contributed by atoms with Gasteiger partial charge in [-0.3, -0.25) is 4.79 Å². The van der Waals surface area contributed by atoms with Crippen molar-refractivity contribution in [2.45, 2.75) is 33.0 Å². The summed E-state index contributed by atoms with van der Waals surface area (Å²) in [6, 6.07) is 9.45. The highest BCUT2D eigenvalue weighted by Gasteiger charge is 2.27. The molecule has 0 atom stereocenters. The molecule has 0 saturated heterocycles. The number of amides is 1. The Morgan fingerprint density at radius 1 is 1.16 bits per heavy atom. The van der Waals surface area contributed by atoms with Gasteiger partial charge in [0, 0.05) is 6.54 Å². The monoisotopic (exact) mass is 424 g/mol. The average Bonchev–Trinajstić information content (AvgIpc) is 2.73. The van der Waals surface area contributed by atoms with Crippen LogP contribution in [0.3, 0.4) is 0 Å². The van der Waals surface area contributed by atoms with Gasteiger partial charge < -0.3 is 14.8 Å². The van der Waals surface area contributed by atoms with Gasteiger partial charge in [-0.15, -0.1) is 13.2 Å². The number of benzene rings is 1. The Morgan fingerprint density at radius 3 is 2.45 bits per heavy atom. The van der Waals surface area contributed by atoms with E-state index < -0.39 is 11.7 Å². The largest absolute Gasteiger partial charge is 0.472 e. The van der Waals surface area contributed by atoms with Crippen LogP contribution in [0.5, 0.6) is 5.88 Å². The van der Waals surface area contributed by atoms with Crippen molar-refractivity contribution in [1.29, 1.82) is 0 Å². The fraction of sp³-hybridized carbons (Fsp3) is 0.304. The molecule has 0 aliphatic heterocycles. The Morgan fingerprint density at radius 2 is 1.87 bits per heavy atom. The van der Waals surface area contributed by atoms with Gasteiger partial charge in [-0.1, -0.05) is 42.5 Å². The molecule has 164 valence electrons. The molecule has 1 aromatic heterocycles. The van der Waals surface area contributed by atoms with Crippen LogP contribution >= 0.6 is 0 Å². The Hall–Kier alpha value is -3.68. The zero-order valence-corrected chi connectivity index (χ0v) is 18.1. The van der Waals surface area contributed by atoms with Crippen molar-refractivity contribution in [3.8, 4) is 5.88 Å². The summed E-state index contributed by atoms with van der Waals surface area (Å²) in [5.74, 6) is 0.294. The van der Waals surface area contributed by atoms with Crippen LogP contribution in [0.25, 0.3) is 0 Å². The molecule has 0 aliphatic rings. The van der Waals surface area contributed by atoms with E-state index in [1.54, 1.807) is 26.8 Å². The van der Waals surface area contributed by atoms with E-state index in [0.29, 0.717) is 12.8 Å². The molecule has 1 N–H and O–H groups in total. The summed E-state index contributed by atoms with van der Waals surface area (Å²) in [7, 11) is 0. The van der Waals surface area contributed by atoms with Gasteiger partial charge >= 0.3 is 6.09 Å². The maximum absolute atomic E-state index is 12.7. The number of nitrogens with zero attached hydrogens (tertiary/aromatic N) is 3. The standard InChI is InChI=1S/C23H28N4O4/c1-6-13-24-19-18(15-28)20(30-16-17-11-9-8-10-12-17)26-21(25-19)27(14-7-2)22(29)31-23(3,4)5/h6-12,15H,1-2,13-14,16H2,3-5H3,(H,24,25,26). The Kier molecular flexibility index (Phi) is 8.31. The summed E-state index contributed by atoms with van der Waals surface area (Å²) in [5, 5.41) is 2.99. The van der Waals surface area contributed by atoms with Gasteiger partial charge in [-0.05, 0) is 26.3 Å². The van der Waals surface area contributed by atoms with Crippen LogP contribution in [0, 0.1) is 0 Å². The second-order valence-corrected chi connectivity index (χ2v) is 7.53. The molecule has 0 aliphatic carbocycles. The molecule has 1 aromatic carbocycles. The molecule has 0 fully saturated rings. The SMILES string of the molecule is C=CCNc1nc(N(CC=C)C(=O)OC(C)(C)C)nc(OCc2ccccc2)c1C=O. The smallest absolute Gasteiger partial charge is 0.417 e. The van der Waals surface area contributed by atoms with Crippen LogP contribution in [0.15, 0.2) is 55.6 Å². The second-order valence-electron chi connectivity index (χ2n) is 7.53. The van der Waals surface area contributed by atoms with Gasteiger partial charge in [0.2, 0.25) is 11.8 Å². The molecule has 0 saturated carbocycles. The number of rotatable bonds is 10. The number of nitrogens with one attached hydrogen (secondary N) is 1. The van der Waals surface area contributed by atoms with E-state index in [0.717, 1.165) is 5.56 Å². The Bertz CT molecular complexity index is 923. The number of ether oxygens (including phenoxy) is 2. The number of aldehydes is 1. The molecule has 1 amide bonds. The predicted octanol–water partition coefficient (Wildman–Crippen LogP) is 4.39. The highest BCUT2D eigenvalue weighted by atomic mass is 16.6. The summed E-state index contributed by atoms with van der Waals surface area (Å²) >= 11 is 0. The van der Waals surface area contributed by atoms with E-state index in [2.05, 4.69) is 28.4 Å². The maximum atomic E-state index is 12.7. The minimum absolute atomic E-state index is 0.0226. The van der Waals surface area contributed by atoms with E-state index in [-0.39, 0.29) is 36.4 Å². The average molecular weight is 425 g/mol. The molecule has 2 rings (SSSR count). The van der Waals surface area contributed by atoms with Crippen LogP contribution in [0.2, 0.25) is 0 Å². The number of carbonyl (C=O) groups is 2. The van der Waals surface area contributed by atoms with Crippen LogP contribution in [-0.2, 0) is 11.3 Å². The fourth-order valence-electron chi connectivity index (χ4n) is 2.49. The molecule has 8 heteroatoms. The van der Waals surface area contributed by atoms with Gasteiger partial charge in [-0.25, -0.2) is 9.69 Å². The van der Waals surface area contributed by atoms with Crippen molar-refractivity contribution in [2.24, 2.45) is 0 Å². The summed E-state index contributed by atoms with van der Waals surface area (Å²) in [5.41, 5.74) is 0.329. The fourth-order valence-corrected chi connectivity index (χ4v) is 2.49. The highest BCUT2D eigenvalue weighted by molar-refractivity contribution is 5.89. The first-order chi connectivity index (χ1) is 14.8.